The first-order valence-electron chi connectivity index (χ1n) is 7.44. The van der Waals surface area contributed by atoms with Gasteiger partial charge in [0.25, 0.3) is 0 Å². The Morgan fingerprint density at radius 2 is 1.77 bits per heavy atom. The Morgan fingerprint density at radius 1 is 1.18 bits per heavy atom. The zero-order valence-electron chi connectivity index (χ0n) is 13.1. The van der Waals surface area contributed by atoms with Crippen molar-refractivity contribution in [1.82, 2.24) is 0 Å². The van der Waals surface area contributed by atoms with E-state index in [1.807, 2.05) is 13.8 Å². The van der Waals surface area contributed by atoms with Crippen LogP contribution in [-0.4, -0.2) is 23.6 Å². The number of ether oxygens (including phenoxy) is 1. The van der Waals surface area contributed by atoms with Crippen molar-refractivity contribution in [3.8, 4) is 11.5 Å². The lowest BCUT2D eigenvalue weighted by Crippen LogP contribution is -2.23. The molecule has 0 heterocycles. The van der Waals surface area contributed by atoms with E-state index in [2.05, 4.69) is 0 Å². The van der Waals surface area contributed by atoms with Crippen molar-refractivity contribution in [2.75, 3.05) is 6.61 Å². The minimum Gasteiger partial charge on any atom is -0.507 e. The molecule has 2 N–H and O–H groups in total. The van der Waals surface area contributed by atoms with Crippen LogP contribution < -0.4 is 4.74 Å². The van der Waals surface area contributed by atoms with Crippen LogP contribution in [0.2, 0.25) is 0 Å². The molecule has 0 aliphatic carbocycles. The summed E-state index contributed by atoms with van der Waals surface area (Å²) in [4.78, 5) is 0. The molecule has 0 spiro atoms. The van der Waals surface area contributed by atoms with Crippen molar-refractivity contribution in [3.63, 3.8) is 0 Å². The summed E-state index contributed by atoms with van der Waals surface area (Å²) < 4.78 is 44.1. The quantitative estimate of drug-likeness (QED) is 0.721. The minimum absolute atomic E-state index is 0.360. The summed E-state index contributed by atoms with van der Waals surface area (Å²) in [6.45, 7) is 5.93. The first-order chi connectivity index (χ1) is 10.3. The number of aryl methyl sites for hydroxylation is 1. The number of hydrogen-bond acceptors (Lipinski definition) is 3. The first kappa shape index (κ1) is 18.3. The molecule has 124 valence electrons. The Bertz CT molecular complexity index is 539. The fraction of sp³-hybridized carbons (Fsp3) is 0.562. The Kier molecular flexibility index (Phi) is 6.26. The van der Waals surface area contributed by atoms with Crippen LogP contribution in [-0.2, 0) is 12.8 Å². The zero-order chi connectivity index (χ0) is 16.9. The number of rotatable bonds is 7. The number of hydrogen-bond donors (Lipinski definition) is 2. The van der Waals surface area contributed by atoms with E-state index in [4.69, 9.17) is 10.1 Å². The Labute approximate surface area is 128 Å². The number of nitrogens with one attached hydrogen (secondary N) is 1. The maximum atomic E-state index is 12.8. The monoisotopic (exact) mass is 317 g/mol. The van der Waals surface area contributed by atoms with E-state index in [1.165, 1.54) is 6.07 Å². The number of alkyl halides is 3. The second-order valence-electron chi connectivity index (χ2n) is 5.05. The molecule has 0 aromatic heterocycles. The van der Waals surface area contributed by atoms with Crippen LogP contribution in [0.3, 0.4) is 0 Å². The van der Waals surface area contributed by atoms with Gasteiger partial charge >= 0.3 is 6.18 Å². The highest BCUT2D eigenvalue weighted by Gasteiger charge is 2.38. The van der Waals surface area contributed by atoms with Gasteiger partial charge in [0.1, 0.15) is 17.2 Å². The molecule has 6 heteroatoms. The van der Waals surface area contributed by atoms with E-state index >= 15 is 0 Å². The van der Waals surface area contributed by atoms with Crippen molar-refractivity contribution in [3.05, 3.63) is 22.8 Å². The van der Waals surface area contributed by atoms with Crippen LogP contribution in [0.15, 0.2) is 6.07 Å². The highest BCUT2D eigenvalue weighted by atomic mass is 19.4. The van der Waals surface area contributed by atoms with Crippen LogP contribution in [0, 0.1) is 5.41 Å². The summed E-state index contributed by atoms with van der Waals surface area (Å²) in [5.74, 6) is -0.0325. The second-order valence-corrected chi connectivity index (χ2v) is 5.05. The molecule has 1 aromatic rings. The molecule has 0 unspecified atom stereocenters. The van der Waals surface area contributed by atoms with Gasteiger partial charge in [-0.2, -0.15) is 13.2 Å². The van der Waals surface area contributed by atoms with Crippen molar-refractivity contribution in [2.45, 2.75) is 52.6 Å². The van der Waals surface area contributed by atoms with E-state index in [9.17, 15) is 18.3 Å². The number of halogens is 3. The molecule has 1 rings (SSSR count). The number of phenolic OH excluding ortho intramolecular Hbond substituents is 1. The summed E-state index contributed by atoms with van der Waals surface area (Å²) >= 11 is 0. The molecule has 0 bridgehead atoms. The molecule has 22 heavy (non-hydrogen) atoms. The topological polar surface area (TPSA) is 53.3 Å². The van der Waals surface area contributed by atoms with Crippen LogP contribution in [0.25, 0.3) is 0 Å². The molecule has 0 atom stereocenters. The molecule has 0 fully saturated rings. The standard InChI is InChI=1S/C16H22F3NO2/c1-4-7-10-9-12(15(20)16(17,18)19)13(21)11(8-5-2)14(10)22-6-3/h9,20-21H,4-8H2,1-3H3. The Morgan fingerprint density at radius 3 is 2.23 bits per heavy atom. The maximum Gasteiger partial charge on any atom is 0.433 e. The van der Waals surface area contributed by atoms with Gasteiger partial charge < -0.3 is 9.84 Å². The third kappa shape index (κ3) is 3.93. The molecular weight excluding hydrogens is 295 g/mol. The lowest BCUT2D eigenvalue weighted by atomic mass is 9.94. The summed E-state index contributed by atoms with van der Waals surface area (Å²) in [7, 11) is 0. The highest BCUT2D eigenvalue weighted by molar-refractivity contribution is 6.05. The fourth-order valence-electron chi connectivity index (χ4n) is 2.38. The van der Waals surface area contributed by atoms with Gasteiger partial charge in [0.05, 0.1) is 6.61 Å². The Hall–Kier alpha value is -1.72. The third-order valence-electron chi connectivity index (χ3n) is 3.29. The average molecular weight is 317 g/mol. The number of aromatic hydroxyl groups is 1. The predicted molar refractivity (Wildman–Crippen MR) is 80.1 cm³/mol. The normalized spacial score (nSPS) is 11.5. The van der Waals surface area contributed by atoms with Gasteiger partial charge in [0, 0.05) is 11.1 Å². The van der Waals surface area contributed by atoms with Gasteiger partial charge in [-0.25, -0.2) is 0 Å². The SMILES string of the molecule is CCCc1cc(C(=N)C(F)(F)F)c(O)c(CCC)c1OCC. The van der Waals surface area contributed by atoms with Crippen molar-refractivity contribution >= 4 is 5.71 Å². The molecule has 0 radical (unpaired) electrons. The molecule has 0 aliphatic heterocycles. The van der Waals surface area contributed by atoms with E-state index in [1.54, 1.807) is 6.92 Å². The predicted octanol–water partition coefficient (Wildman–Crippen LogP) is 4.63. The van der Waals surface area contributed by atoms with Gasteiger partial charge in [-0.3, -0.25) is 5.41 Å². The lowest BCUT2D eigenvalue weighted by molar-refractivity contribution is -0.0588. The van der Waals surface area contributed by atoms with E-state index < -0.39 is 23.2 Å². The molecular formula is C16H22F3NO2. The fourth-order valence-corrected chi connectivity index (χ4v) is 2.38. The van der Waals surface area contributed by atoms with Crippen molar-refractivity contribution < 1.29 is 23.0 Å². The largest absolute Gasteiger partial charge is 0.507 e. The maximum absolute atomic E-state index is 12.8. The number of benzene rings is 1. The molecule has 0 amide bonds. The molecule has 3 nitrogen and oxygen atoms in total. The molecule has 0 aliphatic rings. The minimum atomic E-state index is -4.79. The average Bonchev–Trinajstić information content (AvgIpc) is 2.44. The third-order valence-corrected chi connectivity index (χ3v) is 3.29. The van der Waals surface area contributed by atoms with Crippen LogP contribution in [0.4, 0.5) is 13.2 Å². The molecule has 1 aromatic carbocycles. The van der Waals surface area contributed by atoms with Gasteiger partial charge in [0.2, 0.25) is 0 Å². The van der Waals surface area contributed by atoms with E-state index in [-0.39, 0.29) is 0 Å². The summed E-state index contributed by atoms with van der Waals surface area (Å²) in [6.07, 6.45) is -2.48. The van der Waals surface area contributed by atoms with Gasteiger partial charge in [-0.1, -0.05) is 26.7 Å². The highest BCUT2D eigenvalue weighted by Crippen LogP contribution is 2.39. The van der Waals surface area contributed by atoms with Crippen LogP contribution in [0.5, 0.6) is 11.5 Å². The summed E-state index contributed by atoms with van der Waals surface area (Å²) in [6, 6.07) is 1.23. The smallest absolute Gasteiger partial charge is 0.433 e. The lowest BCUT2D eigenvalue weighted by Gasteiger charge is -2.20. The van der Waals surface area contributed by atoms with E-state index in [0.717, 1.165) is 6.42 Å². The Balaban J connectivity index is 3.56. The van der Waals surface area contributed by atoms with Crippen LogP contribution >= 0.6 is 0 Å². The zero-order valence-corrected chi connectivity index (χ0v) is 13.1. The van der Waals surface area contributed by atoms with Gasteiger partial charge in [-0.15, -0.1) is 0 Å². The number of phenols is 1. The summed E-state index contributed by atoms with van der Waals surface area (Å²) in [5, 5.41) is 17.6. The summed E-state index contributed by atoms with van der Waals surface area (Å²) in [5.41, 5.74) is -1.03. The van der Waals surface area contributed by atoms with Gasteiger partial charge in [-0.05, 0) is 31.4 Å². The molecule has 0 saturated heterocycles. The van der Waals surface area contributed by atoms with Crippen molar-refractivity contribution in [2.24, 2.45) is 0 Å². The molecule has 0 saturated carbocycles. The van der Waals surface area contributed by atoms with E-state index in [0.29, 0.717) is 42.7 Å². The first-order valence-corrected chi connectivity index (χ1v) is 7.44. The van der Waals surface area contributed by atoms with Crippen molar-refractivity contribution in [1.29, 1.82) is 5.41 Å². The van der Waals surface area contributed by atoms with Gasteiger partial charge in [0.15, 0.2) is 0 Å². The van der Waals surface area contributed by atoms with Crippen LogP contribution in [0.1, 0.15) is 50.3 Å². The second kappa shape index (κ2) is 7.51.